The Kier molecular flexibility index (Phi) is 6.33. The summed E-state index contributed by atoms with van der Waals surface area (Å²) in [5.74, 6) is 2.45. The van der Waals surface area contributed by atoms with Crippen molar-refractivity contribution in [2.45, 2.75) is 119 Å². The molecular formula is C33H52O4. The molecule has 5 rings (SSSR count). The fraction of sp³-hybridized carbons (Fsp3) is 0.879. The van der Waals surface area contributed by atoms with E-state index < -0.39 is 0 Å². The quantitative estimate of drug-likeness (QED) is 0.280. The van der Waals surface area contributed by atoms with Crippen molar-refractivity contribution in [3.05, 3.63) is 11.6 Å². The second kappa shape index (κ2) is 8.59. The summed E-state index contributed by atoms with van der Waals surface area (Å²) < 4.78 is 11.4. The van der Waals surface area contributed by atoms with E-state index in [0.29, 0.717) is 29.6 Å². The first-order valence-electron chi connectivity index (χ1n) is 15.2. The van der Waals surface area contributed by atoms with Crippen LogP contribution in [-0.2, 0) is 19.1 Å². The van der Waals surface area contributed by atoms with Gasteiger partial charge in [-0.3, -0.25) is 9.59 Å². The molecule has 0 heterocycles. The lowest BCUT2D eigenvalue weighted by Crippen LogP contribution is -2.65. The number of hydrogen-bond acceptors (Lipinski definition) is 4. The lowest BCUT2D eigenvalue weighted by molar-refractivity contribution is -0.214. The van der Waals surface area contributed by atoms with Gasteiger partial charge in [0.1, 0.15) is 6.10 Å². The molecule has 0 aliphatic heterocycles. The van der Waals surface area contributed by atoms with Crippen LogP contribution in [0.3, 0.4) is 0 Å². The lowest BCUT2D eigenvalue weighted by atomic mass is 9.33. The molecule has 37 heavy (non-hydrogen) atoms. The van der Waals surface area contributed by atoms with E-state index in [-0.39, 0.29) is 45.1 Å². The number of esters is 2. The Labute approximate surface area is 225 Å². The number of carbonyl (C=O) groups is 2. The average molecular weight is 513 g/mol. The Morgan fingerprint density at radius 1 is 0.892 bits per heavy atom. The molecule has 5 aliphatic rings. The van der Waals surface area contributed by atoms with Crippen LogP contribution in [-0.4, -0.2) is 25.2 Å². The molecule has 0 spiro atoms. The first kappa shape index (κ1) is 27.3. The SMILES string of the molecule is COC(=O)[C@]12CC[C@H](C)[C@@H](C)[C@H]1C1=CC[C@H]3[C@@]4(C)CC[C@H](OC(C)=O)C(C)(C)[C@@H]4CC[C@]3(C)[C@]1(C)CC2. The molecule has 5 aliphatic carbocycles. The van der Waals surface area contributed by atoms with E-state index in [2.05, 4.69) is 54.5 Å². The Morgan fingerprint density at radius 3 is 2.24 bits per heavy atom. The Morgan fingerprint density at radius 2 is 1.59 bits per heavy atom. The van der Waals surface area contributed by atoms with Gasteiger partial charge in [-0.1, -0.05) is 60.1 Å². The highest BCUT2D eigenvalue weighted by atomic mass is 16.5. The van der Waals surface area contributed by atoms with Crippen molar-refractivity contribution in [3.8, 4) is 0 Å². The van der Waals surface area contributed by atoms with Crippen LogP contribution in [0.1, 0.15) is 113 Å². The Hall–Kier alpha value is -1.32. The Bertz CT molecular complexity index is 996. The first-order valence-corrected chi connectivity index (χ1v) is 15.2. The highest BCUT2D eigenvalue weighted by Crippen LogP contribution is 2.76. The zero-order valence-electron chi connectivity index (χ0n) is 25.0. The minimum Gasteiger partial charge on any atom is -0.469 e. The van der Waals surface area contributed by atoms with Crippen molar-refractivity contribution in [3.63, 3.8) is 0 Å². The Balaban J connectivity index is 1.57. The van der Waals surface area contributed by atoms with Crippen LogP contribution in [0.25, 0.3) is 0 Å². The fourth-order valence-corrected chi connectivity index (χ4v) is 11.4. The van der Waals surface area contributed by atoms with E-state index in [4.69, 9.17) is 9.47 Å². The van der Waals surface area contributed by atoms with Crippen LogP contribution in [0.5, 0.6) is 0 Å². The summed E-state index contributed by atoms with van der Waals surface area (Å²) in [5, 5.41) is 0. The summed E-state index contributed by atoms with van der Waals surface area (Å²) in [6.45, 7) is 18.8. The lowest BCUT2D eigenvalue weighted by Gasteiger charge is -2.71. The third-order valence-corrected chi connectivity index (χ3v) is 13.8. The largest absolute Gasteiger partial charge is 0.469 e. The maximum atomic E-state index is 13.4. The smallest absolute Gasteiger partial charge is 0.312 e. The van der Waals surface area contributed by atoms with Gasteiger partial charge in [-0.15, -0.1) is 0 Å². The summed E-state index contributed by atoms with van der Waals surface area (Å²) in [6.07, 6.45) is 12.4. The van der Waals surface area contributed by atoms with Crippen molar-refractivity contribution in [2.24, 2.45) is 56.7 Å². The number of rotatable bonds is 2. The van der Waals surface area contributed by atoms with Gasteiger partial charge in [-0.25, -0.2) is 0 Å². The van der Waals surface area contributed by atoms with E-state index in [1.54, 1.807) is 19.6 Å². The molecule has 0 radical (unpaired) electrons. The standard InChI is InChI=1S/C33H52O4/c1-20-12-17-33(28(35)36-9)19-18-31(7)23(27(33)21(20)2)10-11-25-30(6)15-14-26(37-22(3)34)29(4,5)24(30)13-16-32(25,31)8/h10,20-21,24-27H,11-19H2,1-9H3/t20-,21+,24-,25-,26-,27-,30-,31+,32-,33-/m0/s1. The molecule has 0 bridgehead atoms. The number of methoxy groups -OCH3 is 1. The molecule has 4 saturated carbocycles. The molecule has 0 amide bonds. The van der Waals surface area contributed by atoms with Gasteiger partial charge in [0.15, 0.2) is 0 Å². The second-order valence-corrected chi connectivity index (χ2v) is 15.3. The van der Waals surface area contributed by atoms with E-state index in [0.717, 1.165) is 44.9 Å². The van der Waals surface area contributed by atoms with Gasteiger partial charge in [-0.05, 0) is 104 Å². The number of carbonyl (C=O) groups excluding carboxylic acids is 2. The minimum atomic E-state index is -0.347. The number of hydrogen-bond donors (Lipinski definition) is 0. The van der Waals surface area contributed by atoms with Crippen molar-refractivity contribution < 1.29 is 19.1 Å². The molecule has 0 aromatic rings. The molecular weight excluding hydrogens is 460 g/mol. The third-order valence-electron chi connectivity index (χ3n) is 13.8. The summed E-state index contributed by atoms with van der Waals surface area (Å²) in [4.78, 5) is 25.4. The van der Waals surface area contributed by atoms with E-state index in [9.17, 15) is 9.59 Å². The van der Waals surface area contributed by atoms with Gasteiger partial charge >= 0.3 is 11.9 Å². The molecule has 0 saturated heterocycles. The third kappa shape index (κ3) is 3.45. The molecule has 0 aromatic heterocycles. The first-order chi connectivity index (χ1) is 17.2. The van der Waals surface area contributed by atoms with Gasteiger partial charge in [0, 0.05) is 12.3 Å². The van der Waals surface area contributed by atoms with Crippen molar-refractivity contribution in [1.29, 1.82) is 0 Å². The molecule has 0 N–H and O–H groups in total. The molecule has 10 atom stereocenters. The molecule has 4 heteroatoms. The predicted octanol–water partition coefficient (Wildman–Crippen LogP) is 7.75. The van der Waals surface area contributed by atoms with Crippen LogP contribution < -0.4 is 0 Å². The van der Waals surface area contributed by atoms with Gasteiger partial charge in [0.25, 0.3) is 0 Å². The molecule has 0 unspecified atom stereocenters. The summed E-state index contributed by atoms with van der Waals surface area (Å²) in [5.41, 5.74) is 1.76. The van der Waals surface area contributed by atoms with Gasteiger partial charge < -0.3 is 9.47 Å². The molecule has 4 fully saturated rings. The van der Waals surface area contributed by atoms with Gasteiger partial charge in [0.05, 0.1) is 12.5 Å². The van der Waals surface area contributed by atoms with Crippen LogP contribution in [0.15, 0.2) is 11.6 Å². The maximum Gasteiger partial charge on any atom is 0.312 e. The highest BCUT2D eigenvalue weighted by Gasteiger charge is 2.69. The topological polar surface area (TPSA) is 52.6 Å². The summed E-state index contributed by atoms with van der Waals surface area (Å²) in [6, 6.07) is 0. The summed E-state index contributed by atoms with van der Waals surface area (Å²) >= 11 is 0. The zero-order chi connectivity index (χ0) is 27.2. The van der Waals surface area contributed by atoms with Crippen LogP contribution in [0.4, 0.5) is 0 Å². The van der Waals surface area contributed by atoms with E-state index in [1.165, 1.54) is 12.8 Å². The maximum absolute atomic E-state index is 13.4. The second-order valence-electron chi connectivity index (χ2n) is 15.3. The summed E-state index contributed by atoms with van der Waals surface area (Å²) in [7, 11) is 1.59. The van der Waals surface area contributed by atoms with Crippen molar-refractivity contribution in [2.75, 3.05) is 7.11 Å². The number of ether oxygens (including phenoxy) is 2. The van der Waals surface area contributed by atoms with Crippen molar-refractivity contribution >= 4 is 11.9 Å². The van der Waals surface area contributed by atoms with Crippen LogP contribution in [0, 0.1) is 56.7 Å². The monoisotopic (exact) mass is 512 g/mol. The fourth-order valence-electron chi connectivity index (χ4n) is 11.4. The predicted molar refractivity (Wildman–Crippen MR) is 147 cm³/mol. The minimum absolute atomic E-state index is 0.0117. The van der Waals surface area contributed by atoms with Crippen LogP contribution >= 0.6 is 0 Å². The molecule has 0 aromatic carbocycles. The molecule has 4 nitrogen and oxygen atoms in total. The normalized spacial score (nSPS) is 50.4. The molecule has 208 valence electrons. The van der Waals surface area contributed by atoms with E-state index in [1.807, 2.05) is 0 Å². The zero-order valence-corrected chi connectivity index (χ0v) is 25.0. The van der Waals surface area contributed by atoms with Gasteiger partial charge in [-0.2, -0.15) is 0 Å². The highest BCUT2D eigenvalue weighted by molar-refractivity contribution is 5.78. The number of allylic oxidation sites excluding steroid dienone is 2. The van der Waals surface area contributed by atoms with E-state index >= 15 is 0 Å². The van der Waals surface area contributed by atoms with Gasteiger partial charge in [0.2, 0.25) is 0 Å². The van der Waals surface area contributed by atoms with Crippen molar-refractivity contribution in [1.82, 2.24) is 0 Å². The average Bonchev–Trinajstić information content (AvgIpc) is 2.83. The van der Waals surface area contributed by atoms with Crippen LogP contribution in [0.2, 0.25) is 0 Å². The number of fused-ring (bicyclic) bond motifs is 7.